The third-order valence-corrected chi connectivity index (χ3v) is 9.41. The molecule has 4 atom stereocenters. The molecule has 0 N–H and O–H groups in total. The highest BCUT2D eigenvalue weighted by Crippen LogP contribution is 2.48. The molecule has 0 spiro atoms. The largest absolute Gasteiger partial charge is 0.496 e. The van der Waals surface area contributed by atoms with Gasteiger partial charge in [0.1, 0.15) is 11.9 Å². The molecule has 1 aliphatic heterocycles. The van der Waals surface area contributed by atoms with Gasteiger partial charge < -0.3 is 19.3 Å². The molecule has 2 aliphatic carbocycles. The third kappa shape index (κ3) is 7.81. The lowest BCUT2D eigenvalue weighted by molar-refractivity contribution is -0.172. The summed E-state index contributed by atoms with van der Waals surface area (Å²) >= 11 is 0. The number of ether oxygens (including phenoxy) is 2. The molecule has 258 valence electrons. The zero-order chi connectivity index (χ0) is 35.1. The maximum Gasteiger partial charge on any atom is 0.412 e. The van der Waals surface area contributed by atoms with Gasteiger partial charge in [-0.25, -0.2) is 4.79 Å². The van der Waals surface area contributed by atoms with Crippen LogP contribution < -0.4 is 9.64 Å². The number of anilines is 1. The Morgan fingerprint density at radius 1 is 1.19 bits per heavy atom. The number of allylic oxidation sites excluding steroid dienone is 3. The van der Waals surface area contributed by atoms with Crippen LogP contribution in [0, 0.1) is 28.7 Å². The molecule has 1 aromatic rings. The summed E-state index contributed by atoms with van der Waals surface area (Å²) in [6.45, 7) is 5.91. The topological polar surface area (TPSA) is 81.4 Å². The van der Waals surface area contributed by atoms with Crippen LogP contribution in [0.4, 0.5) is 36.8 Å². The maximum absolute atomic E-state index is 13.7. The number of rotatable bonds is 6. The number of benzene rings is 1. The SMILES string of the molecule is COc1ccc(N(C)C(=NC#N)N(C)C)cc1C1=C(CN2C(=O)OC(C3CC(C(F)(F)F)=CC(C(F)(F)F)C3)C2C)CC(C)(C)CC1. The van der Waals surface area contributed by atoms with Crippen LogP contribution in [0.15, 0.2) is 40.4 Å². The molecule has 1 saturated heterocycles. The number of amides is 1. The summed E-state index contributed by atoms with van der Waals surface area (Å²) in [5.41, 5.74) is 1.94. The van der Waals surface area contributed by atoms with Gasteiger partial charge in [-0.05, 0) is 73.8 Å². The fourth-order valence-corrected chi connectivity index (χ4v) is 6.95. The van der Waals surface area contributed by atoms with Gasteiger partial charge in [0.05, 0.1) is 19.1 Å². The number of guanidine groups is 1. The van der Waals surface area contributed by atoms with Crippen molar-refractivity contribution in [2.24, 2.45) is 22.2 Å². The maximum atomic E-state index is 13.7. The Morgan fingerprint density at radius 2 is 1.87 bits per heavy atom. The summed E-state index contributed by atoms with van der Waals surface area (Å²) in [6, 6.07) is 4.79. The molecule has 0 aromatic heterocycles. The first-order valence-electron chi connectivity index (χ1n) is 15.4. The van der Waals surface area contributed by atoms with Gasteiger partial charge in [0.15, 0.2) is 0 Å². The van der Waals surface area contributed by atoms with E-state index in [2.05, 4.69) is 18.8 Å². The molecule has 14 heteroatoms. The molecular formula is C33H41F6N5O3. The second-order valence-electron chi connectivity index (χ2n) is 13.5. The van der Waals surface area contributed by atoms with Gasteiger partial charge in [0.25, 0.3) is 0 Å². The molecule has 0 bridgehead atoms. The summed E-state index contributed by atoms with van der Waals surface area (Å²) in [5.74, 6) is -2.45. The second kappa shape index (κ2) is 13.3. The first-order valence-corrected chi connectivity index (χ1v) is 15.4. The summed E-state index contributed by atoms with van der Waals surface area (Å²) in [5, 5.41) is 9.22. The number of cyclic esters (lactones) is 1. The minimum absolute atomic E-state index is 0.0920. The molecule has 1 amide bonds. The van der Waals surface area contributed by atoms with Crippen LogP contribution in [0.1, 0.15) is 58.4 Å². The van der Waals surface area contributed by atoms with E-state index >= 15 is 0 Å². The zero-order valence-electron chi connectivity index (χ0n) is 27.6. The Morgan fingerprint density at radius 3 is 2.45 bits per heavy atom. The van der Waals surface area contributed by atoms with E-state index < -0.39 is 60.8 Å². The van der Waals surface area contributed by atoms with E-state index in [-0.39, 0.29) is 18.0 Å². The van der Waals surface area contributed by atoms with Crippen molar-refractivity contribution in [1.82, 2.24) is 9.80 Å². The van der Waals surface area contributed by atoms with Crippen molar-refractivity contribution in [3.63, 3.8) is 0 Å². The first-order chi connectivity index (χ1) is 21.8. The Hall–Kier alpha value is -3.89. The molecule has 1 fully saturated rings. The molecule has 4 unspecified atom stereocenters. The van der Waals surface area contributed by atoms with Crippen molar-refractivity contribution < 1.29 is 40.6 Å². The van der Waals surface area contributed by atoms with Crippen LogP contribution in [0.3, 0.4) is 0 Å². The highest BCUT2D eigenvalue weighted by molar-refractivity contribution is 5.96. The fourth-order valence-electron chi connectivity index (χ4n) is 6.95. The standard InChI is InChI=1S/C33H41F6N5O3/c1-19-28(20-12-22(32(34,35)36)14-23(13-20)33(37,38)39)47-30(45)44(19)17-21-16-31(2,3)11-10-25(21)26-15-24(8-9-27(26)46-7)43(6)29(41-18-40)42(4)5/h8-9,14-15,19-20,22,28H,10-13,16-17H2,1-7H3. The number of hydrogen-bond donors (Lipinski definition) is 0. The summed E-state index contributed by atoms with van der Waals surface area (Å²) in [6.07, 6.45) is -8.81. The van der Waals surface area contributed by atoms with Crippen molar-refractivity contribution in [2.75, 3.05) is 39.7 Å². The van der Waals surface area contributed by atoms with Crippen LogP contribution in [-0.2, 0) is 4.74 Å². The molecular weight excluding hydrogens is 628 g/mol. The van der Waals surface area contributed by atoms with E-state index in [1.54, 1.807) is 51.0 Å². The summed E-state index contributed by atoms with van der Waals surface area (Å²) < 4.78 is 93.4. The van der Waals surface area contributed by atoms with Crippen LogP contribution in [-0.4, -0.2) is 81.1 Å². The van der Waals surface area contributed by atoms with Gasteiger partial charge in [-0.2, -0.15) is 31.6 Å². The molecule has 47 heavy (non-hydrogen) atoms. The fraction of sp³-hybridized carbons (Fsp3) is 0.606. The lowest BCUT2D eigenvalue weighted by Crippen LogP contribution is -2.42. The van der Waals surface area contributed by atoms with Gasteiger partial charge in [-0.15, -0.1) is 4.99 Å². The normalized spacial score (nSPS) is 25.3. The number of carbonyl (C=O) groups is 1. The third-order valence-electron chi connectivity index (χ3n) is 9.41. The number of nitrogens with zero attached hydrogens (tertiary/aromatic N) is 5. The summed E-state index contributed by atoms with van der Waals surface area (Å²) in [7, 11) is 6.85. The number of methoxy groups -OCH3 is 1. The van der Waals surface area contributed by atoms with Gasteiger partial charge in [0, 0.05) is 50.4 Å². The van der Waals surface area contributed by atoms with E-state index in [9.17, 15) is 36.4 Å². The predicted molar refractivity (Wildman–Crippen MR) is 166 cm³/mol. The second-order valence-corrected chi connectivity index (χ2v) is 13.5. The highest BCUT2D eigenvalue weighted by atomic mass is 19.4. The van der Waals surface area contributed by atoms with E-state index in [0.29, 0.717) is 24.6 Å². The smallest absolute Gasteiger partial charge is 0.412 e. The molecule has 3 aliphatic rings. The minimum Gasteiger partial charge on any atom is -0.496 e. The van der Waals surface area contributed by atoms with Crippen molar-refractivity contribution in [3.05, 3.63) is 41.0 Å². The molecule has 0 radical (unpaired) electrons. The lowest BCUT2D eigenvalue weighted by atomic mass is 9.72. The van der Waals surface area contributed by atoms with Crippen molar-refractivity contribution in [2.45, 2.75) is 77.4 Å². The number of hydrogen-bond acceptors (Lipinski definition) is 5. The van der Waals surface area contributed by atoms with Crippen molar-refractivity contribution in [1.29, 1.82) is 5.26 Å². The number of aliphatic imine (C=N–C) groups is 1. The molecule has 8 nitrogen and oxygen atoms in total. The number of carbonyl (C=O) groups excluding carboxylic acids is 1. The van der Waals surface area contributed by atoms with Crippen LogP contribution in [0.2, 0.25) is 0 Å². The number of halogens is 6. The van der Waals surface area contributed by atoms with Gasteiger partial charge in [-0.3, -0.25) is 4.90 Å². The van der Waals surface area contributed by atoms with E-state index in [1.165, 1.54) is 4.90 Å². The van der Waals surface area contributed by atoms with E-state index in [0.717, 1.165) is 28.8 Å². The monoisotopic (exact) mass is 669 g/mol. The Balaban J connectivity index is 1.70. The molecule has 4 rings (SSSR count). The highest BCUT2D eigenvalue weighted by Gasteiger charge is 2.52. The van der Waals surface area contributed by atoms with Crippen LogP contribution in [0.5, 0.6) is 5.75 Å². The Labute approximate surface area is 271 Å². The summed E-state index contributed by atoms with van der Waals surface area (Å²) in [4.78, 5) is 22.1. The molecule has 1 aromatic carbocycles. The molecule has 0 saturated carbocycles. The average molecular weight is 670 g/mol. The van der Waals surface area contributed by atoms with Gasteiger partial charge >= 0.3 is 18.4 Å². The Kier molecular flexibility index (Phi) is 10.2. The zero-order valence-corrected chi connectivity index (χ0v) is 27.6. The van der Waals surface area contributed by atoms with Crippen molar-refractivity contribution in [3.8, 4) is 11.9 Å². The van der Waals surface area contributed by atoms with Gasteiger partial charge in [-0.1, -0.05) is 19.9 Å². The van der Waals surface area contributed by atoms with Gasteiger partial charge in [0.2, 0.25) is 12.2 Å². The number of alkyl halides is 6. The van der Waals surface area contributed by atoms with E-state index in [4.69, 9.17) is 9.47 Å². The number of nitriles is 1. The first kappa shape index (κ1) is 36.0. The van der Waals surface area contributed by atoms with Crippen molar-refractivity contribution >= 4 is 23.3 Å². The Bertz CT molecular complexity index is 1490. The van der Waals surface area contributed by atoms with Crippen LogP contribution >= 0.6 is 0 Å². The lowest BCUT2D eigenvalue weighted by Gasteiger charge is -2.37. The quantitative estimate of drug-likeness (QED) is 0.101. The minimum atomic E-state index is -4.92. The van der Waals surface area contributed by atoms with Crippen LogP contribution in [0.25, 0.3) is 5.57 Å². The average Bonchev–Trinajstić information content (AvgIpc) is 3.26. The predicted octanol–water partition coefficient (Wildman–Crippen LogP) is 7.78. The molecule has 1 heterocycles. The van der Waals surface area contributed by atoms with E-state index in [1.807, 2.05) is 18.3 Å².